The van der Waals surface area contributed by atoms with Crippen LogP contribution in [0, 0.1) is 13.8 Å². The van der Waals surface area contributed by atoms with Crippen LogP contribution in [0.3, 0.4) is 0 Å². The van der Waals surface area contributed by atoms with E-state index in [0.29, 0.717) is 10.7 Å². The molecule has 0 saturated heterocycles. The average molecular weight is 436 g/mol. The van der Waals surface area contributed by atoms with Crippen LogP contribution >= 0.6 is 11.6 Å². The van der Waals surface area contributed by atoms with Crippen molar-refractivity contribution in [1.29, 1.82) is 0 Å². The molecule has 3 aromatic carbocycles. The molecule has 2 amide bonds. The number of likely N-dealkylation sites (N-methyl/N-ethyl adjacent to an activating group) is 1. The first-order valence-electron chi connectivity index (χ1n) is 10.0. The number of aryl methyl sites for hydroxylation is 2. The van der Waals surface area contributed by atoms with E-state index in [1.54, 1.807) is 36.2 Å². The van der Waals surface area contributed by atoms with Crippen molar-refractivity contribution in [1.82, 2.24) is 4.90 Å². The maximum Gasteiger partial charge on any atom is 0.246 e. The Bertz CT molecular complexity index is 1070. The van der Waals surface area contributed by atoms with Crippen molar-refractivity contribution in [3.05, 3.63) is 94.5 Å². The lowest BCUT2D eigenvalue weighted by atomic mass is 10.0. The molecule has 2 N–H and O–H groups in total. The molecule has 0 radical (unpaired) electrons. The van der Waals surface area contributed by atoms with Crippen molar-refractivity contribution in [3.63, 3.8) is 0 Å². The molecule has 1 atom stereocenters. The number of carbonyl (C=O) groups is 2. The van der Waals surface area contributed by atoms with Gasteiger partial charge in [-0.15, -0.1) is 0 Å². The topological polar surface area (TPSA) is 61.4 Å². The second-order valence-electron chi connectivity index (χ2n) is 7.56. The molecule has 0 aromatic heterocycles. The van der Waals surface area contributed by atoms with E-state index in [1.807, 2.05) is 62.4 Å². The fourth-order valence-corrected chi connectivity index (χ4v) is 3.57. The number of rotatable bonds is 7. The lowest BCUT2D eigenvalue weighted by Gasteiger charge is -2.27. The number of carbonyl (C=O) groups excluding carboxylic acids is 2. The SMILES string of the molecule is Cc1ccc(C)c(NC(=O)C(c2ccccc2)N(C)CC(=O)Nc2ccccc2Cl)c1. The normalized spacial score (nSPS) is 11.8. The first-order valence-corrected chi connectivity index (χ1v) is 10.4. The van der Waals surface area contributed by atoms with Crippen LogP contribution in [0.2, 0.25) is 5.02 Å². The van der Waals surface area contributed by atoms with Crippen LogP contribution in [0.5, 0.6) is 0 Å². The van der Waals surface area contributed by atoms with Gasteiger partial charge in [0.15, 0.2) is 0 Å². The van der Waals surface area contributed by atoms with E-state index in [2.05, 4.69) is 10.6 Å². The van der Waals surface area contributed by atoms with E-state index < -0.39 is 6.04 Å². The Labute approximate surface area is 188 Å². The maximum atomic E-state index is 13.3. The molecule has 3 rings (SSSR count). The van der Waals surface area contributed by atoms with Crippen molar-refractivity contribution in [2.75, 3.05) is 24.2 Å². The molecule has 160 valence electrons. The van der Waals surface area contributed by atoms with Crippen LogP contribution in [-0.2, 0) is 9.59 Å². The van der Waals surface area contributed by atoms with Gasteiger partial charge in [-0.25, -0.2) is 0 Å². The maximum absolute atomic E-state index is 13.3. The van der Waals surface area contributed by atoms with Crippen LogP contribution in [0.4, 0.5) is 11.4 Å². The first kappa shape index (κ1) is 22.5. The van der Waals surface area contributed by atoms with E-state index in [0.717, 1.165) is 22.4 Å². The minimum absolute atomic E-state index is 0.0189. The Morgan fingerprint density at radius 1 is 0.903 bits per heavy atom. The minimum Gasteiger partial charge on any atom is -0.324 e. The third-order valence-corrected chi connectivity index (χ3v) is 5.33. The molecule has 0 fully saturated rings. The summed E-state index contributed by atoms with van der Waals surface area (Å²) in [6.45, 7) is 3.95. The summed E-state index contributed by atoms with van der Waals surface area (Å²) in [5.74, 6) is -0.455. The largest absolute Gasteiger partial charge is 0.324 e. The van der Waals surface area contributed by atoms with Gasteiger partial charge in [-0.2, -0.15) is 0 Å². The predicted molar refractivity (Wildman–Crippen MR) is 126 cm³/mol. The summed E-state index contributed by atoms with van der Waals surface area (Å²) in [5, 5.41) is 6.30. The van der Waals surface area contributed by atoms with Gasteiger partial charge in [0.2, 0.25) is 11.8 Å². The Kier molecular flexibility index (Phi) is 7.45. The second kappa shape index (κ2) is 10.2. The molecule has 0 bridgehead atoms. The Hall–Kier alpha value is -3.15. The summed E-state index contributed by atoms with van der Waals surface area (Å²) in [5.41, 5.74) is 4.14. The van der Waals surface area contributed by atoms with Crippen LogP contribution in [-0.4, -0.2) is 30.3 Å². The number of nitrogens with one attached hydrogen (secondary N) is 2. The van der Waals surface area contributed by atoms with Crippen LogP contribution < -0.4 is 10.6 Å². The number of benzene rings is 3. The Morgan fingerprint density at radius 2 is 1.58 bits per heavy atom. The second-order valence-corrected chi connectivity index (χ2v) is 7.97. The van der Waals surface area contributed by atoms with Gasteiger partial charge >= 0.3 is 0 Å². The Morgan fingerprint density at radius 3 is 2.29 bits per heavy atom. The van der Waals surface area contributed by atoms with Crippen LogP contribution in [0.1, 0.15) is 22.7 Å². The van der Waals surface area contributed by atoms with Crippen molar-refractivity contribution >= 4 is 34.8 Å². The van der Waals surface area contributed by atoms with Crippen molar-refractivity contribution in [3.8, 4) is 0 Å². The van der Waals surface area contributed by atoms with Gasteiger partial charge in [0.25, 0.3) is 0 Å². The van der Waals surface area contributed by atoms with Crippen molar-refractivity contribution < 1.29 is 9.59 Å². The molecular weight excluding hydrogens is 410 g/mol. The lowest BCUT2D eigenvalue weighted by Crippen LogP contribution is -2.39. The van der Waals surface area contributed by atoms with Crippen molar-refractivity contribution in [2.24, 2.45) is 0 Å². The number of hydrogen-bond acceptors (Lipinski definition) is 3. The van der Waals surface area contributed by atoms with Gasteiger partial charge in [-0.1, -0.05) is 66.2 Å². The van der Waals surface area contributed by atoms with E-state index in [9.17, 15) is 9.59 Å². The quantitative estimate of drug-likeness (QED) is 0.535. The van der Waals surface area contributed by atoms with Gasteiger partial charge < -0.3 is 10.6 Å². The van der Waals surface area contributed by atoms with Crippen LogP contribution in [0.15, 0.2) is 72.8 Å². The number of amides is 2. The summed E-state index contributed by atoms with van der Waals surface area (Å²) in [4.78, 5) is 27.7. The number of nitrogens with zero attached hydrogens (tertiary/aromatic N) is 1. The fraction of sp³-hybridized carbons (Fsp3) is 0.200. The molecule has 0 aliphatic heterocycles. The van der Waals surface area contributed by atoms with E-state index in [-0.39, 0.29) is 18.4 Å². The molecule has 0 aliphatic rings. The minimum atomic E-state index is -0.641. The zero-order valence-corrected chi connectivity index (χ0v) is 18.6. The summed E-state index contributed by atoms with van der Waals surface area (Å²) in [6, 6.07) is 21.8. The predicted octanol–water partition coefficient (Wildman–Crippen LogP) is 5.21. The van der Waals surface area contributed by atoms with Gasteiger partial charge in [-0.05, 0) is 55.8 Å². The zero-order chi connectivity index (χ0) is 22.4. The highest BCUT2D eigenvalue weighted by molar-refractivity contribution is 6.33. The summed E-state index contributed by atoms with van der Waals surface area (Å²) >= 11 is 6.14. The highest BCUT2D eigenvalue weighted by Crippen LogP contribution is 2.24. The number of para-hydroxylation sites is 1. The highest BCUT2D eigenvalue weighted by atomic mass is 35.5. The molecule has 6 heteroatoms. The van der Waals surface area contributed by atoms with Gasteiger partial charge in [0.1, 0.15) is 6.04 Å². The lowest BCUT2D eigenvalue weighted by molar-refractivity contribution is -0.123. The summed E-state index contributed by atoms with van der Waals surface area (Å²) in [7, 11) is 1.76. The summed E-state index contributed by atoms with van der Waals surface area (Å²) in [6.07, 6.45) is 0. The Balaban J connectivity index is 1.80. The molecule has 1 unspecified atom stereocenters. The van der Waals surface area contributed by atoms with Gasteiger partial charge in [0, 0.05) is 5.69 Å². The molecular formula is C25H26ClN3O2. The van der Waals surface area contributed by atoms with E-state index in [4.69, 9.17) is 11.6 Å². The molecule has 0 spiro atoms. The van der Waals surface area contributed by atoms with Gasteiger partial charge in [-0.3, -0.25) is 14.5 Å². The molecule has 3 aromatic rings. The van der Waals surface area contributed by atoms with E-state index in [1.165, 1.54) is 0 Å². The molecule has 0 aliphatic carbocycles. The third-order valence-electron chi connectivity index (χ3n) is 5.00. The smallest absolute Gasteiger partial charge is 0.246 e. The monoisotopic (exact) mass is 435 g/mol. The molecule has 31 heavy (non-hydrogen) atoms. The number of halogens is 1. The number of hydrogen-bond donors (Lipinski definition) is 2. The third kappa shape index (κ3) is 5.94. The van der Waals surface area contributed by atoms with Crippen LogP contribution in [0.25, 0.3) is 0 Å². The zero-order valence-electron chi connectivity index (χ0n) is 17.9. The highest BCUT2D eigenvalue weighted by Gasteiger charge is 2.27. The first-order chi connectivity index (χ1) is 14.8. The molecule has 0 saturated carbocycles. The van der Waals surface area contributed by atoms with Gasteiger partial charge in [0.05, 0.1) is 17.3 Å². The van der Waals surface area contributed by atoms with E-state index >= 15 is 0 Å². The standard InChI is InChI=1S/C25H26ClN3O2/c1-17-13-14-18(2)22(15-17)28-25(31)24(19-9-5-4-6-10-19)29(3)16-23(30)27-21-12-8-7-11-20(21)26/h4-15,24H,16H2,1-3H3,(H,27,30)(H,28,31). The molecule has 5 nitrogen and oxygen atoms in total. The number of anilines is 2. The molecule has 0 heterocycles. The average Bonchev–Trinajstić information content (AvgIpc) is 2.73. The van der Waals surface area contributed by atoms with Crippen molar-refractivity contribution in [2.45, 2.75) is 19.9 Å². The summed E-state index contributed by atoms with van der Waals surface area (Å²) < 4.78 is 0. The fourth-order valence-electron chi connectivity index (χ4n) is 3.38.